The highest BCUT2D eigenvalue weighted by Crippen LogP contribution is 2.31. The molecule has 0 radical (unpaired) electrons. The Labute approximate surface area is 191 Å². The molecule has 158 valence electrons. The van der Waals surface area contributed by atoms with Crippen molar-refractivity contribution in [1.82, 2.24) is 14.5 Å². The molecule has 0 aliphatic carbocycles. The predicted octanol–water partition coefficient (Wildman–Crippen LogP) is 6.17. The number of thiazole rings is 1. The number of benzene rings is 2. The van der Waals surface area contributed by atoms with Crippen LogP contribution in [0, 0.1) is 5.82 Å². The minimum absolute atomic E-state index is 0.261. The molecule has 0 bridgehead atoms. The number of carbonyl (C=O) groups is 1. The van der Waals surface area contributed by atoms with Crippen molar-refractivity contribution in [2.75, 3.05) is 5.32 Å². The van der Waals surface area contributed by atoms with Crippen LogP contribution in [0.2, 0.25) is 0 Å². The predicted molar refractivity (Wildman–Crippen MR) is 127 cm³/mol. The highest BCUT2D eigenvalue weighted by atomic mass is 32.1. The Morgan fingerprint density at radius 2 is 1.81 bits per heavy atom. The lowest BCUT2D eigenvalue weighted by Gasteiger charge is -2.11. The number of amides is 1. The number of halogens is 1. The van der Waals surface area contributed by atoms with E-state index >= 15 is 0 Å². The van der Waals surface area contributed by atoms with Gasteiger partial charge in [0.05, 0.1) is 23.9 Å². The van der Waals surface area contributed by atoms with E-state index in [9.17, 15) is 9.18 Å². The van der Waals surface area contributed by atoms with E-state index in [1.54, 1.807) is 36.0 Å². The molecule has 0 aliphatic rings. The lowest BCUT2D eigenvalue weighted by atomic mass is 10.1. The van der Waals surface area contributed by atoms with Crippen molar-refractivity contribution in [3.05, 3.63) is 101 Å². The van der Waals surface area contributed by atoms with Crippen molar-refractivity contribution < 1.29 is 9.18 Å². The molecule has 3 aromatic heterocycles. The molecule has 1 N–H and O–H groups in total. The van der Waals surface area contributed by atoms with Gasteiger partial charge in [-0.3, -0.25) is 4.79 Å². The van der Waals surface area contributed by atoms with Crippen LogP contribution in [-0.4, -0.2) is 20.4 Å². The fourth-order valence-electron chi connectivity index (χ4n) is 3.29. The number of carbonyl (C=O) groups excluding carboxylic acids is 1. The van der Waals surface area contributed by atoms with Crippen LogP contribution < -0.4 is 5.32 Å². The van der Waals surface area contributed by atoms with Crippen molar-refractivity contribution in [2.24, 2.45) is 0 Å². The smallest absolute Gasteiger partial charge is 0.268 e. The van der Waals surface area contributed by atoms with E-state index in [0.29, 0.717) is 22.9 Å². The topological polar surface area (TPSA) is 59.8 Å². The molecule has 5 rings (SSSR count). The molecule has 0 atom stereocenters. The quantitative estimate of drug-likeness (QED) is 0.329. The number of nitrogens with one attached hydrogen (secondary N) is 1. The van der Waals surface area contributed by atoms with Gasteiger partial charge in [-0.2, -0.15) is 0 Å². The number of anilines is 1. The summed E-state index contributed by atoms with van der Waals surface area (Å²) >= 11 is 2.92. The van der Waals surface area contributed by atoms with E-state index in [-0.39, 0.29) is 11.7 Å². The van der Waals surface area contributed by atoms with Gasteiger partial charge in [0.15, 0.2) is 0 Å². The highest BCUT2D eigenvalue weighted by molar-refractivity contribution is 7.22. The van der Waals surface area contributed by atoms with E-state index in [4.69, 9.17) is 0 Å². The molecule has 0 unspecified atom stereocenters. The second kappa shape index (κ2) is 8.86. The molecule has 0 saturated heterocycles. The Hall–Kier alpha value is -3.62. The van der Waals surface area contributed by atoms with E-state index in [0.717, 1.165) is 21.0 Å². The number of aromatic nitrogens is 3. The number of hydrogen-bond acceptors (Lipinski definition) is 5. The van der Waals surface area contributed by atoms with Crippen LogP contribution in [0.3, 0.4) is 0 Å². The van der Waals surface area contributed by atoms with Crippen molar-refractivity contribution in [1.29, 1.82) is 0 Å². The van der Waals surface area contributed by atoms with Gasteiger partial charge in [-0.1, -0.05) is 36.4 Å². The van der Waals surface area contributed by atoms with E-state index in [2.05, 4.69) is 15.3 Å². The van der Waals surface area contributed by atoms with Crippen molar-refractivity contribution in [2.45, 2.75) is 6.54 Å². The first kappa shape index (κ1) is 20.3. The van der Waals surface area contributed by atoms with E-state index in [1.165, 1.54) is 23.5 Å². The lowest BCUT2D eigenvalue weighted by molar-refractivity contribution is 0.102. The summed E-state index contributed by atoms with van der Waals surface area (Å²) in [5.41, 5.74) is 2.37. The molecule has 5 aromatic rings. The summed E-state index contributed by atoms with van der Waals surface area (Å²) in [4.78, 5) is 23.5. The molecule has 0 saturated carbocycles. The van der Waals surface area contributed by atoms with Crippen molar-refractivity contribution in [3.8, 4) is 21.1 Å². The molecule has 8 heteroatoms. The number of thiophene rings is 1. The van der Waals surface area contributed by atoms with Gasteiger partial charge in [0.2, 0.25) is 0 Å². The third-order valence-electron chi connectivity index (χ3n) is 4.84. The zero-order chi connectivity index (χ0) is 21.9. The van der Waals surface area contributed by atoms with Crippen molar-refractivity contribution >= 4 is 34.4 Å². The molecule has 0 fully saturated rings. The largest absolute Gasteiger partial charge is 0.312 e. The molecule has 0 spiro atoms. The fourth-order valence-corrected chi connectivity index (χ4v) is 4.91. The average Bonchev–Trinajstić information content (AvgIpc) is 3.57. The summed E-state index contributed by atoms with van der Waals surface area (Å²) < 4.78 is 15.3. The number of imidazole rings is 1. The molecular weight excluding hydrogens is 443 g/mol. The second-order valence-electron chi connectivity index (χ2n) is 7.02. The second-order valence-corrected chi connectivity index (χ2v) is 9.00. The maximum atomic E-state index is 13.4. The minimum Gasteiger partial charge on any atom is -0.312 e. The van der Waals surface area contributed by atoms with Gasteiger partial charge in [-0.15, -0.1) is 22.7 Å². The third kappa shape index (κ3) is 4.23. The average molecular weight is 461 g/mol. The van der Waals surface area contributed by atoms with Crippen molar-refractivity contribution in [3.63, 3.8) is 0 Å². The Morgan fingerprint density at radius 1 is 1.00 bits per heavy atom. The first-order valence-corrected chi connectivity index (χ1v) is 11.5. The Balaban J connectivity index is 1.48. The first-order chi connectivity index (χ1) is 15.7. The van der Waals surface area contributed by atoms with Crippen LogP contribution >= 0.6 is 22.7 Å². The maximum Gasteiger partial charge on any atom is 0.268 e. The first-order valence-electron chi connectivity index (χ1n) is 9.83. The van der Waals surface area contributed by atoms with Crippen LogP contribution in [0.5, 0.6) is 0 Å². The Morgan fingerprint density at radius 3 is 2.56 bits per heavy atom. The summed E-state index contributed by atoms with van der Waals surface area (Å²) in [5, 5.41) is 5.80. The maximum absolute atomic E-state index is 13.4. The van der Waals surface area contributed by atoms with Crippen LogP contribution in [0.15, 0.2) is 84.6 Å². The van der Waals surface area contributed by atoms with Gasteiger partial charge in [-0.05, 0) is 41.3 Å². The van der Waals surface area contributed by atoms with E-state index in [1.807, 2.05) is 52.4 Å². The van der Waals surface area contributed by atoms with E-state index < -0.39 is 0 Å². The summed E-state index contributed by atoms with van der Waals surface area (Å²) in [6.45, 7) is 0.535. The Kier molecular flexibility index (Phi) is 5.62. The van der Waals surface area contributed by atoms with Gasteiger partial charge >= 0.3 is 0 Å². The summed E-state index contributed by atoms with van der Waals surface area (Å²) in [6, 6.07) is 19.9. The number of rotatable bonds is 6. The fraction of sp³-hybridized carbons (Fsp3) is 0.0417. The summed E-state index contributed by atoms with van der Waals surface area (Å²) in [5.74, 6) is -0.0335. The zero-order valence-electron chi connectivity index (χ0n) is 16.7. The molecule has 5 nitrogen and oxygen atoms in total. The lowest BCUT2D eigenvalue weighted by Crippen LogP contribution is -2.15. The third-order valence-corrected chi connectivity index (χ3v) is 6.88. The zero-order valence-corrected chi connectivity index (χ0v) is 18.4. The standard InChI is InChI=1S/C24H17FN4OS2/c25-18-10-8-17(9-11-18)21-22(29(15-27-21)14-16-5-2-1-3-6-16)28-23(30)20-13-26-24(32-20)19-7-4-12-31-19/h1-13,15H,14H2,(H,28,30). The summed E-state index contributed by atoms with van der Waals surface area (Å²) in [7, 11) is 0. The molecule has 3 heterocycles. The monoisotopic (exact) mass is 460 g/mol. The van der Waals surface area contributed by atoms with Crippen LogP contribution in [0.4, 0.5) is 10.2 Å². The van der Waals surface area contributed by atoms with Crippen LogP contribution in [-0.2, 0) is 6.54 Å². The molecule has 1 amide bonds. The van der Waals surface area contributed by atoms with Gasteiger partial charge in [0, 0.05) is 5.56 Å². The molecule has 2 aromatic carbocycles. The van der Waals surface area contributed by atoms with Gasteiger partial charge < -0.3 is 9.88 Å². The number of hydrogen-bond donors (Lipinski definition) is 1. The SMILES string of the molecule is O=C(Nc1c(-c2ccc(F)cc2)ncn1Cc1ccccc1)c1cnc(-c2cccs2)s1. The van der Waals surface area contributed by atoms with Gasteiger partial charge in [0.25, 0.3) is 5.91 Å². The number of nitrogens with zero attached hydrogens (tertiary/aromatic N) is 3. The molecule has 32 heavy (non-hydrogen) atoms. The van der Waals surface area contributed by atoms with Crippen LogP contribution in [0.1, 0.15) is 15.2 Å². The van der Waals surface area contributed by atoms with Gasteiger partial charge in [0.1, 0.15) is 27.2 Å². The van der Waals surface area contributed by atoms with Crippen LogP contribution in [0.25, 0.3) is 21.1 Å². The summed E-state index contributed by atoms with van der Waals surface area (Å²) in [6.07, 6.45) is 3.27. The Bertz CT molecular complexity index is 1340. The molecular formula is C24H17FN4OS2. The minimum atomic E-state index is -0.325. The normalized spacial score (nSPS) is 10.9. The highest BCUT2D eigenvalue weighted by Gasteiger charge is 2.19. The van der Waals surface area contributed by atoms with Gasteiger partial charge in [-0.25, -0.2) is 14.4 Å². The molecule has 0 aliphatic heterocycles.